The minimum Gasteiger partial charge on any atom is -0.461 e. The van der Waals surface area contributed by atoms with E-state index in [9.17, 15) is 22.8 Å². The maximum Gasteiger partial charge on any atom is 0.356 e. The fraction of sp³-hybridized carbons (Fsp3) is 0.167. The van der Waals surface area contributed by atoms with E-state index >= 15 is 0 Å². The van der Waals surface area contributed by atoms with Crippen molar-refractivity contribution in [1.82, 2.24) is 8.87 Å². The summed E-state index contributed by atoms with van der Waals surface area (Å²) in [6.45, 7) is 7.63. The Morgan fingerprint density at radius 3 is 2.30 bits per heavy atom. The largest absolute Gasteiger partial charge is 0.461 e. The molecule has 4 rings (SSSR count). The Morgan fingerprint density at radius 1 is 1.02 bits per heavy atom. The number of anilines is 1. The number of nitrogens with one attached hydrogen (secondary N) is 1. The van der Waals surface area contributed by atoms with Crippen molar-refractivity contribution in [3.8, 4) is 0 Å². The maximum absolute atomic E-state index is 14.0. The Kier molecular flexibility index (Phi) is 9.49. The molecule has 3 amide bonds. The molecule has 10 nitrogen and oxygen atoms in total. The number of carbonyl (C=O) groups is 3. The number of ether oxygens (including phenoxy) is 1. The van der Waals surface area contributed by atoms with Crippen LogP contribution in [0.4, 0.5) is 10.5 Å². The van der Waals surface area contributed by atoms with Crippen molar-refractivity contribution < 1.29 is 27.5 Å². The molecule has 0 unspecified atom stereocenters. The van der Waals surface area contributed by atoms with E-state index in [0.717, 1.165) is 3.97 Å². The number of nitrogens with zero attached hydrogens (tertiary/aromatic N) is 2. The highest BCUT2D eigenvalue weighted by Gasteiger charge is 2.35. The van der Waals surface area contributed by atoms with E-state index < -0.39 is 33.6 Å². The predicted molar refractivity (Wildman–Crippen MR) is 167 cm³/mol. The monoisotopic (exact) mass is 642 g/mol. The lowest BCUT2D eigenvalue weighted by molar-refractivity contribution is -0.111. The standard InChI is InChI=1S/C30H28Cl2N4O6S/c1-4-35(30(33)39)17-19-11-9-10-14-23(19)34-28(37)18(3)25-26-22(32)15-20(31)16-24(26)36(27(25)29(38)42-5-2)43(40,41)21-12-7-6-8-13-21/h6-16H,3-5,17H2,1-2H3,(H2,33,39)(H,34,37). The SMILES string of the molecule is C=C(C(=O)Nc1ccccc1CN(CC)C(N)=O)c1c(C(=O)OCC)n(S(=O)(=O)c2ccccc2)c2cc(Cl)cc(Cl)c12. The number of para-hydroxylation sites is 1. The Labute approximate surface area is 258 Å². The number of aromatic nitrogens is 1. The molecule has 0 aliphatic heterocycles. The molecule has 4 aromatic rings. The van der Waals surface area contributed by atoms with Crippen molar-refractivity contribution in [3.63, 3.8) is 0 Å². The van der Waals surface area contributed by atoms with Crippen molar-refractivity contribution in [2.75, 3.05) is 18.5 Å². The van der Waals surface area contributed by atoms with Gasteiger partial charge in [0.15, 0.2) is 5.69 Å². The van der Waals surface area contributed by atoms with Crippen LogP contribution >= 0.6 is 23.2 Å². The summed E-state index contributed by atoms with van der Waals surface area (Å²) < 4.78 is 34.1. The molecule has 0 spiro atoms. The number of amides is 3. The zero-order valence-electron chi connectivity index (χ0n) is 23.3. The molecule has 13 heteroatoms. The molecule has 0 aliphatic rings. The second-order valence-electron chi connectivity index (χ2n) is 9.25. The highest BCUT2D eigenvalue weighted by Crippen LogP contribution is 2.40. The summed E-state index contributed by atoms with van der Waals surface area (Å²) in [6, 6.07) is 16.3. The van der Waals surface area contributed by atoms with Crippen molar-refractivity contribution in [3.05, 3.63) is 100 Å². The summed E-state index contributed by atoms with van der Waals surface area (Å²) >= 11 is 12.9. The van der Waals surface area contributed by atoms with Crippen LogP contribution in [-0.4, -0.2) is 48.3 Å². The zero-order chi connectivity index (χ0) is 31.5. The summed E-state index contributed by atoms with van der Waals surface area (Å²) in [7, 11) is -4.45. The first-order valence-corrected chi connectivity index (χ1v) is 15.3. The first-order valence-electron chi connectivity index (χ1n) is 13.1. The van der Waals surface area contributed by atoms with Crippen LogP contribution in [0.2, 0.25) is 10.0 Å². The van der Waals surface area contributed by atoms with Gasteiger partial charge >= 0.3 is 12.0 Å². The van der Waals surface area contributed by atoms with E-state index in [-0.39, 0.29) is 50.1 Å². The van der Waals surface area contributed by atoms with Gasteiger partial charge in [-0.3, -0.25) is 4.79 Å². The van der Waals surface area contributed by atoms with E-state index in [1.54, 1.807) is 44.2 Å². The third-order valence-electron chi connectivity index (χ3n) is 6.59. The zero-order valence-corrected chi connectivity index (χ0v) is 25.6. The molecule has 0 saturated heterocycles. The quantitative estimate of drug-likeness (QED) is 0.163. The maximum atomic E-state index is 14.0. The van der Waals surface area contributed by atoms with Gasteiger partial charge in [-0.25, -0.2) is 22.0 Å². The summed E-state index contributed by atoms with van der Waals surface area (Å²) in [6.07, 6.45) is 0. The van der Waals surface area contributed by atoms with E-state index in [1.165, 1.54) is 41.3 Å². The number of hydrogen-bond acceptors (Lipinski definition) is 6. The molecule has 0 radical (unpaired) electrons. The van der Waals surface area contributed by atoms with E-state index in [1.807, 2.05) is 0 Å². The number of primary amides is 1. The molecule has 43 heavy (non-hydrogen) atoms. The molecule has 0 saturated carbocycles. The summed E-state index contributed by atoms with van der Waals surface area (Å²) in [5, 5.41) is 2.90. The number of fused-ring (bicyclic) bond motifs is 1. The molecule has 0 aliphatic carbocycles. The van der Waals surface area contributed by atoms with Gasteiger partial charge in [-0.1, -0.05) is 66.2 Å². The van der Waals surface area contributed by atoms with Crippen molar-refractivity contribution in [2.24, 2.45) is 5.73 Å². The number of nitrogens with two attached hydrogens (primary N) is 1. The van der Waals surface area contributed by atoms with Gasteiger partial charge < -0.3 is 20.7 Å². The Hall–Kier alpha value is -4.32. The lowest BCUT2D eigenvalue weighted by Crippen LogP contribution is -2.35. The predicted octanol–water partition coefficient (Wildman–Crippen LogP) is 5.91. The molecule has 1 aromatic heterocycles. The number of urea groups is 1. The second-order valence-corrected chi connectivity index (χ2v) is 11.9. The van der Waals surface area contributed by atoms with Crippen LogP contribution in [-0.2, 0) is 26.1 Å². The number of benzene rings is 3. The van der Waals surface area contributed by atoms with Gasteiger partial charge in [-0.15, -0.1) is 0 Å². The first kappa shape index (κ1) is 31.6. The molecule has 0 bridgehead atoms. The molecule has 0 fully saturated rings. The summed E-state index contributed by atoms with van der Waals surface area (Å²) in [5.41, 5.74) is 5.47. The van der Waals surface area contributed by atoms with E-state index in [4.69, 9.17) is 33.7 Å². The lowest BCUT2D eigenvalue weighted by atomic mass is 10.0. The van der Waals surface area contributed by atoms with Crippen LogP contribution in [0.1, 0.15) is 35.5 Å². The highest BCUT2D eigenvalue weighted by atomic mass is 35.5. The van der Waals surface area contributed by atoms with Crippen molar-refractivity contribution in [2.45, 2.75) is 25.3 Å². The lowest BCUT2D eigenvalue weighted by Gasteiger charge is -2.20. The molecule has 3 N–H and O–H groups in total. The van der Waals surface area contributed by atoms with Crippen LogP contribution in [0.15, 0.2) is 78.2 Å². The fourth-order valence-corrected chi connectivity index (χ4v) is 6.67. The van der Waals surface area contributed by atoms with Gasteiger partial charge in [-0.2, -0.15) is 0 Å². The number of carbonyl (C=O) groups excluding carboxylic acids is 3. The van der Waals surface area contributed by atoms with Gasteiger partial charge in [0.2, 0.25) is 0 Å². The van der Waals surface area contributed by atoms with Crippen molar-refractivity contribution >= 4 is 73.3 Å². The molecule has 1 heterocycles. The average Bonchev–Trinajstić information content (AvgIpc) is 3.32. The van der Waals surface area contributed by atoms with Gasteiger partial charge in [-0.05, 0) is 49.7 Å². The van der Waals surface area contributed by atoms with Crippen LogP contribution in [0.5, 0.6) is 0 Å². The third-order valence-corrected chi connectivity index (χ3v) is 8.83. The van der Waals surface area contributed by atoms with Gasteiger partial charge in [0, 0.05) is 40.3 Å². The van der Waals surface area contributed by atoms with Crippen LogP contribution in [0.3, 0.4) is 0 Å². The summed E-state index contributed by atoms with van der Waals surface area (Å²) in [5.74, 6) is -1.78. The molecular weight excluding hydrogens is 615 g/mol. The Bertz CT molecular complexity index is 1860. The van der Waals surface area contributed by atoms with Crippen LogP contribution in [0, 0.1) is 0 Å². The number of halogens is 2. The van der Waals surface area contributed by atoms with E-state index in [2.05, 4.69) is 11.9 Å². The number of rotatable bonds is 10. The normalized spacial score (nSPS) is 11.3. The molecule has 224 valence electrons. The van der Waals surface area contributed by atoms with Gasteiger partial charge in [0.05, 0.1) is 22.0 Å². The average molecular weight is 644 g/mol. The Morgan fingerprint density at radius 2 is 1.67 bits per heavy atom. The van der Waals surface area contributed by atoms with E-state index in [0.29, 0.717) is 17.8 Å². The topological polar surface area (TPSA) is 141 Å². The fourth-order valence-electron chi connectivity index (χ4n) is 4.58. The Balaban J connectivity index is 1.93. The molecule has 3 aromatic carbocycles. The first-order chi connectivity index (χ1) is 20.4. The number of esters is 1. The minimum absolute atomic E-state index is 0.0144. The molecule has 0 atom stereocenters. The van der Waals surface area contributed by atoms with Gasteiger partial charge in [0.25, 0.3) is 15.9 Å². The second kappa shape index (κ2) is 12.9. The highest BCUT2D eigenvalue weighted by molar-refractivity contribution is 7.90. The smallest absolute Gasteiger partial charge is 0.356 e. The van der Waals surface area contributed by atoms with Gasteiger partial charge in [0.1, 0.15) is 0 Å². The molecular formula is C30H28Cl2N4O6S. The minimum atomic E-state index is -4.45. The third kappa shape index (κ3) is 6.24. The summed E-state index contributed by atoms with van der Waals surface area (Å²) in [4.78, 5) is 40.3. The van der Waals surface area contributed by atoms with Crippen LogP contribution < -0.4 is 11.1 Å². The number of hydrogen-bond donors (Lipinski definition) is 2. The van der Waals surface area contributed by atoms with Crippen LogP contribution in [0.25, 0.3) is 16.5 Å². The van der Waals surface area contributed by atoms with Crippen molar-refractivity contribution in [1.29, 1.82) is 0 Å².